The van der Waals surface area contributed by atoms with Gasteiger partial charge in [-0.15, -0.1) is 0 Å². The average Bonchev–Trinajstić information content (AvgIpc) is 2.90. The fourth-order valence-corrected chi connectivity index (χ4v) is 3.05. The molecule has 0 saturated heterocycles. The zero-order chi connectivity index (χ0) is 19.7. The topological polar surface area (TPSA) is 133 Å². The Hall–Kier alpha value is -3.82. The van der Waals surface area contributed by atoms with Gasteiger partial charge >= 0.3 is 0 Å². The summed E-state index contributed by atoms with van der Waals surface area (Å²) < 4.78 is 5.20. The minimum absolute atomic E-state index is 0.0335. The number of nitro groups is 2. The molecule has 2 aromatic carbocycles. The van der Waals surface area contributed by atoms with E-state index in [1.54, 1.807) is 18.2 Å². The van der Waals surface area contributed by atoms with Gasteiger partial charge in [0.25, 0.3) is 17.5 Å². The third kappa shape index (κ3) is 3.08. The van der Waals surface area contributed by atoms with Gasteiger partial charge in [-0.05, 0) is 12.1 Å². The van der Waals surface area contributed by atoms with Crippen molar-refractivity contribution in [1.29, 1.82) is 0 Å². The number of benzene rings is 2. The van der Waals surface area contributed by atoms with E-state index in [1.807, 2.05) is 0 Å². The molecule has 0 saturated carbocycles. The Morgan fingerprint density at radius 1 is 1.04 bits per heavy atom. The van der Waals surface area contributed by atoms with Crippen LogP contribution in [0.2, 0.25) is 0 Å². The third-order valence-corrected chi connectivity index (χ3v) is 4.24. The number of carbonyl (C=O) groups is 2. The van der Waals surface area contributed by atoms with Crippen LogP contribution in [-0.2, 0) is 0 Å². The van der Waals surface area contributed by atoms with E-state index in [0.29, 0.717) is 5.56 Å². The molecule has 1 atom stereocenters. The monoisotopic (exact) mass is 371 g/mol. The highest BCUT2D eigenvalue weighted by Crippen LogP contribution is 2.36. The van der Waals surface area contributed by atoms with Crippen LogP contribution in [-0.4, -0.2) is 40.2 Å². The lowest BCUT2D eigenvalue weighted by molar-refractivity contribution is -0.486. The second-order valence-electron chi connectivity index (χ2n) is 5.74. The molecular weight excluding hydrogens is 358 g/mol. The van der Waals surface area contributed by atoms with Crippen LogP contribution in [0.5, 0.6) is 5.75 Å². The second-order valence-corrected chi connectivity index (χ2v) is 5.74. The van der Waals surface area contributed by atoms with Gasteiger partial charge in [-0.25, -0.2) is 0 Å². The molecule has 0 radical (unpaired) electrons. The first-order valence-corrected chi connectivity index (χ1v) is 7.76. The number of nitro benzene ring substituents is 1. The lowest BCUT2D eigenvalue weighted by Crippen LogP contribution is -2.38. The molecule has 0 fully saturated rings. The molecule has 138 valence electrons. The maximum absolute atomic E-state index is 12.8. The molecule has 2 amide bonds. The van der Waals surface area contributed by atoms with E-state index in [2.05, 4.69) is 0 Å². The number of rotatable bonds is 6. The number of imide groups is 1. The molecule has 27 heavy (non-hydrogen) atoms. The second kappa shape index (κ2) is 6.83. The van der Waals surface area contributed by atoms with Gasteiger partial charge in [0.2, 0.25) is 6.54 Å². The quantitative estimate of drug-likeness (QED) is 0.432. The Kier molecular flexibility index (Phi) is 4.55. The standard InChI is InChI=1S/C17H13N3O7/c1-27-15-5-3-2-4-12(15)14(9-18(23)24)19-16(21)11-7-6-10(20(25)26)8-13(11)17(19)22/h2-8,14H,9H2,1H3/t14-/m1/s1. The molecule has 0 bridgehead atoms. The predicted octanol–water partition coefficient (Wildman–Crippen LogP) is 2.22. The Labute approximate surface area is 152 Å². The first kappa shape index (κ1) is 18.0. The highest BCUT2D eigenvalue weighted by molar-refractivity contribution is 6.21. The smallest absolute Gasteiger partial charge is 0.270 e. The predicted molar refractivity (Wildman–Crippen MR) is 91.2 cm³/mol. The molecule has 0 N–H and O–H groups in total. The molecule has 2 aromatic rings. The number of hydrogen-bond donors (Lipinski definition) is 0. The zero-order valence-corrected chi connectivity index (χ0v) is 14.0. The number of nitrogens with zero attached hydrogens (tertiary/aromatic N) is 3. The number of non-ortho nitro benzene ring substituents is 1. The zero-order valence-electron chi connectivity index (χ0n) is 14.0. The lowest BCUT2D eigenvalue weighted by atomic mass is 10.0. The van der Waals surface area contributed by atoms with E-state index in [1.165, 1.54) is 19.2 Å². The maximum Gasteiger partial charge on any atom is 0.270 e. The molecule has 0 unspecified atom stereocenters. The van der Waals surface area contributed by atoms with Crippen LogP contribution in [0.25, 0.3) is 0 Å². The van der Waals surface area contributed by atoms with Crippen molar-refractivity contribution in [2.45, 2.75) is 6.04 Å². The van der Waals surface area contributed by atoms with Gasteiger partial charge in [-0.3, -0.25) is 34.7 Å². The normalized spacial score (nSPS) is 14.0. The van der Waals surface area contributed by atoms with Crippen molar-refractivity contribution in [1.82, 2.24) is 4.90 Å². The summed E-state index contributed by atoms with van der Waals surface area (Å²) in [7, 11) is 1.37. The molecule has 0 aliphatic carbocycles. The number of methoxy groups -OCH3 is 1. The van der Waals surface area contributed by atoms with Gasteiger partial charge in [0.15, 0.2) is 0 Å². The molecular formula is C17H13N3O7. The molecule has 1 aliphatic heterocycles. The van der Waals surface area contributed by atoms with Gasteiger partial charge in [-0.2, -0.15) is 0 Å². The van der Waals surface area contributed by atoms with Crippen LogP contribution in [0.4, 0.5) is 5.69 Å². The van der Waals surface area contributed by atoms with Gasteiger partial charge in [0.05, 0.1) is 23.2 Å². The number of ether oxygens (including phenoxy) is 1. The van der Waals surface area contributed by atoms with Gasteiger partial charge < -0.3 is 4.74 Å². The summed E-state index contributed by atoms with van der Waals surface area (Å²) >= 11 is 0. The highest BCUT2D eigenvalue weighted by atomic mass is 16.6. The first-order valence-electron chi connectivity index (χ1n) is 7.76. The third-order valence-electron chi connectivity index (χ3n) is 4.24. The Bertz CT molecular complexity index is 973. The minimum Gasteiger partial charge on any atom is -0.496 e. The summed E-state index contributed by atoms with van der Waals surface area (Å²) in [5.74, 6) is -1.29. The Morgan fingerprint density at radius 3 is 2.33 bits per heavy atom. The fourth-order valence-electron chi connectivity index (χ4n) is 3.05. The van der Waals surface area contributed by atoms with Crippen molar-refractivity contribution < 1.29 is 24.2 Å². The van der Waals surface area contributed by atoms with Crippen molar-refractivity contribution in [3.05, 3.63) is 79.4 Å². The van der Waals surface area contributed by atoms with E-state index in [4.69, 9.17) is 4.74 Å². The van der Waals surface area contributed by atoms with E-state index in [0.717, 1.165) is 17.0 Å². The number of hydrogen-bond acceptors (Lipinski definition) is 7. The molecule has 1 heterocycles. The van der Waals surface area contributed by atoms with E-state index in [9.17, 15) is 29.8 Å². The van der Waals surface area contributed by atoms with Crippen LogP contribution in [0, 0.1) is 20.2 Å². The number of para-hydroxylation sites is 1. The van der Waals surface area contributed by atoms with Crippen molar-refractivity contribution in [2.24, 2.45) is 0 Å². The molecule has 10 heteroatoms. The van der Waals surface area contributed by atoms with E-state index < -0.39 is 34.2 Å². The summed E-state index contributed by atoms with van der Waals surface area (Å²) in [4.78, 5) is 47.1. The average molecular weight is 371 g/mol. The summed E-state index contributed by atoms with van der Waals surface area (Å²) in [6.45, 7) is -0.728. The minimum atomic E-state index is -1.22. The number of fused-ring (bicyclic) bond motifs is 1. The largest absolute Gasteiger partial charge is 0.496 e. The highest BCUT2D eigenvalue weighted by Gasteiger charge is 2.44. The van der Waals surface area contributed by atoms with Crippen LogP contribution < -0.4 is 4.74 Å². The summed E-state index contributed by atoms with van der Waals surface area (Å²) in [5, 5.41) is 22.1. The molecule has 0 spiro atoms. The van der Waals surface area contributed by atoms with Crippen LogP contribution in [0.1, 0.15) is 32.3 Å². The van der Waals surface area contributed by atoms with Crippen molar-refractivity contribution >= 4 is 17.5 Å². The van der Waals surface area contributed by atoms with Gasteiger partial charge in [0, 0.05) is 22.6 Å². The van der Waals surface area contributed by atoms with Crippen LogP contribution in [0.15, 0.2) is 42.5 Å². The van der Waals surface area contributed by atoms with Crippen LogP contribution >= 0.6 is 0 Å². The SMILES string of the molecule is COc1ccccc1[C@@H](C[N+](=O)[O-])N1C(=O)c2ccc([N+](=O)[O-])cc2C1=O. The van der Waals surface area contributed by atoms with E-state index in [-0.39, 0.29) is 22.6 Å². The first-order chi connectivity index (χ1) is 12.8. The number of carbonyl (C=O) groups excluding carboxylic acids is 2. The number of amides is 2. The molecule has 0 aromatic heterocycles. The van der Waals surface area contributed by atoms with E-state index >= 15 is 0 Å². The van der Waals surface area contributed by atoms with Crippen molar-refractivity contribution in [3.63, 3.8) is 0 Å². The van der Waals surface area contributed by atoms with Crippen molar-refractivity contribution in [2.75, 3.05) is 13.7 Å². The molecule has 10 nitrogen and oxygen atoms in total. The van der Waals surface area contributed by atoms with Gasteiger partial charge in [-0.1, -0.05) is 18.2 Å². The lowest BCUT2D eigenvalue weighted by Gasteiger charge is -2.24. The fraction of sp³-hybridized carbons (Fsp3) is 0.176. The van der Waals surface area contributed by atoms with Gasteiger partial charge in [0.1, 0.15) is 11.8 Å². The summed E-state index contributed by atoms with van der Waals surface area (Å²) in [5.41, 5.74) is -0.244. The molecule has 3 rings (SSSR count). The Balaban J connectivity index is 2.10. The van der Waals surface area contributed by atoms with Crippen molar-refractivity contribution in [3.8, 4) is 5.75 Å². The summed E-state index contributed by atoms with van der Waals surface area (Å²) in [6.07, 6.45) is 0. The Morgan fingerprint density at radius 2 is 1.70 bits per heavy atom. The maximum atomic E-state index is 12.8. The van der Waals surface area contributed by atoms with Crippen LogP contribution in [0.3, 0.4) is 0 Å². The molecule has 1 aliphatic rings. The summed E-state index contributed by atoms with van der Waals surface area (Å²) in [6, 6.07) is 8.41.